The van der Waals surface area contributed by atoms with E-state index in [1.54, 1.807) is 26.0 Å². The number of nitrogen functional groups attached to an aromatic ring is 2. The Morgan fingerprint density at radius 2 is 1.17 bits per heavy atom. The first-order valence-corrected chi connectivity index (χ1v) is 9.37. The highest BCUT2D eigenvalue weighted by Gasteiger charge is 2.12. The lowest BCUT2D eigenvalue weighted by Gasteiger charge is -2.02. The third-order valence-corrected chi connectivity index (χ3v) is 4.98. The number of hydrogen-bond acceptors (Lipinski definition) is 6. The van der Waals surface area contributed by atoms with Crippen LogP contribution in [0.5, 0.6) is 0 Å². The van der Waals surface area contributed by atoms with Crippen molar-refractivity contribution in [1.82, 2.24) is 0 Å². The summed E-state index contributed by atoms with van der Waals surface area (Å²) in [6.45, 7) is 3.15. The van der Waals surface area contributed by atoms with Gasteiger partial charge in [0.2, 0.25) is 0 Å². The zero-order valence-corrected chi connectivity index (χ0v) is 14.6. The van der Waals surface area contributed by atoms with Gasteiger partial charge in [0.05, 0.1) is 9.79 Å². The number of nitrogens with two attached hydrogens (primary N) is 2. The predicted molar refractivity (Wildman–Crippen MR) is 90.8 cm³/mol. The monoisotopic (exact) mass is 374 g/mol. The van der Waals surface area contributed by atoms with E-state index < -0.39 is 20.2 Å². The third-order valence-electron chi connectivity index (χ3n) is 2.97. The minimum Gasteiger partial charge on any atom is -0.399 e. The molecule has 0 bridgehead atoms. The van der Waals surface area contributed by atoms with Crippen LogP contribution in [0.3, 0.4) is 0 Å². The molecule has 0 heterocycles. The summed E-state index contributed by atoms with van der Waals surface area (Å²) in [6.07, 6.45) is 0. The second-order valence-corrected chi connectivity index (χ2v) is 7.78. The van der Waals surface area contributed by atoms with Gasteiger partial charge in [0.25, 0.3) is 20.2 Å². The van der Waals surface area contributed by atoms with E-state index in [4.69, 9.17) is 20.6 Å². The summed E-state index contributed by atoms with van der Waals surface area (Å²) in [5, 5.41) is 0. The van der Waals surface area contributed by atoms with Crippen LogP contribution in [0.25, 0.3) is 0 Å². The quantitative estimate of drug-likeness (QED) is 0.455. The first kappa shape index (κ1) is 19.9. The Morgan fingerprint density at radius 3 is 1.58 bits per heavy atom. The fraction of sp³-hybridized carbons (Fsp3) is 0.143. The molecule has 2 aromatic carbocycles. The van der Waals surface area contributed by atoms with Gasteiger partial charge in [-0.3, -0.25) is 9.11 Å². The van der Waals surface area contributed by atoms with Crippen molar-refractivity contribution < 1.29 is 25.9 Å². The van der Waals surface area contributed by atoms with Gasteiger partial charge in [0, 0.05) is 11.4 Å². The van der Waals surface area contributed by atoms with Crippen molar-refractivity contribution in [2.75, 3.05) is 11.5 Å². The summed E-state index contributed by atoms with van der Waals surface area (Å²) in [6, 6.07) is 8.53. The molecule has 0 aliphatic heterocycles. The Hall–Kier alpha value is -2.14. The van der Waals surface area contributed by atoms with Gasteiger partial charge in [-0.1, -0.05) is 6.07 Å². The van der Waals surface area contributed by atoms with Crippen molar-refractivity contribution in [3.8, 4) is 0 Å². The molecule has 8 nitrogen and oxygen atoms in total. The second kappa shape index (κ2) is 7.18. The van der Waals surface area contributed by atoms with Gasteiger partial charge in [-0.2, -0.15) is 16.8 Å². The Balaban J connectivity index is 0.000000240. The van der Waals surface area contributed by atoms with Crippen LogP contribution in [0, 0.1) is 13.8 Å². The van der Waals surface area contributed by atoms with E-state index in [1.165, 1.54) is 24.3 Å². The van der Waals surface area contributed by atoms with Gasteiger partial charge in [0.15, 0.2) is 0 Å². The molecule has 0 radical (unpaired) electrons. The summed E-state index contributed by atoms with van der Waals surface area (Å²) in [5.74, 6) is 0. The lowest BCUT2D eigenvalue weighted by molar-refractivity contribution is 0.480. The molecule has 0 aliphatic rings. The van der Waals surface area contributed by atoms with E-state index in [-0.39, 0.29) is 9.79 Å². The minimum atomic E-state index is -4.14. The van der Waals surface area contributed by atoms with Crippen molar-refractivity contribution in [3.05, 3.63) is 47.5 Å². The Morgan fingerprint density at radius 1 is 0.708 bits per heavy atom. The molecule has 132 valence electrons. The largest absolute Gasteiger partial charge is 0.399 e. The molecule has 0 saturated heterocycles. The fourth-order valence-corrected chi connectivity index (χ4v) is 3.32. The molecule has 0 saturated carbocycles. The summed E-state index contributed by atoms with van der Waals surface area (Å²) in [5.41, 5.74) is 12.4. The zero-order chi connectivity index (χ0) is 18.7. The molecule has 6 N–H and O–H groups in total. The maximum atomic E-state index is 10.7. The number of aryl methyl sites for hydroxylation is 2. The summed E-state index contributed by atoms with van der Waals surface area (Å²) in [4.78, 5) is -0.237. The SMILES string of the molecule is Cc1cc(N)ccc1S(=O)(=O)O.Cc1ccc(N)cc1S(=O)(=O)O. The van der Waals surface area contributed by atoms with E-state index in [2.05, 4.69) is 0 Å². The van der Waals surface area contributed by atoms with E-state index in [1.807, 2.05) is 0 Å². The molecule has 0 amide bonds. The average molecular weight is 374 g/mol. The van der Waals surface area contributed by atoms with Crippen molar-refractivity contribution in [2.45, 2.75) is 23.6 Å². The lowest BCUT2D eigenvalue weighted by atomic mass is 10.2. The molecule has 0 aromatic heterocycles. The van der Waals surface area contributed by atoms with Gasteiger partial charge in [-0.15, -0.1) is 0 Å². The molecule has 0 spiro atoms. The minimum absolute atomic E-state index is 0.100. The van der Waals surface area contributed by atoms with Crippen molar-refractivity contribution in [3.63, 3.8) is 0 Å². The summed E-state index contributed by atoms with van der Waals surface area (Å²) >= 11 is 0. The first-order chi connectivity index (χ1) is 10.8. The second-order valence-electron chi connectivity index (χ2n) is 5.00. The van der Waals surface area contributed by atoms with Gasteiger partial charge >= 0.3 is 0 Å². The van der Waals surface area contributed by atoms with Crippen LogP contribution in [0.15, 0.2) is 46.2 Å². The number of hydrogen-bond donors (Lipinski definition) is 4. The Bertz CT molecular complexity index is 953. The van der Waals surface area contributed by atoms with Gasteiger partial charge in [0.1, 0.15) is 0 Å². The normalized spacial score (nSPS) is 11.5. The maximum Gasteiger partial charge on any atom is 0.294 e. The van der Waals surface area contributed by atoms with Crippen molar-refractivity contribution in [1.29, 1.82) is 0 Å². The number of benzene rings is 2. The lowest BCUT2D eigenvalue weighted by Crippen LogP contribution is -2.01. The van der Waals surface area contributed by atoms with Gasteiger partial charge < -0.3 is 11.5 Å². The number of rotatable bonds is 2. The van der Waals surface area contributed by atoms with Crippen LogP contribution in [-0.2, 0) is 20.2 Å². The maximum absolute atomic E-state index is 10.7. The third kappa shape index (κ3) is 5.49. The van der Waals surface area contributed by atoms with E-state index in [9.17, 15) is 16.8 Å². The smallest absolute Gasteiger partial charge is 0.294 e. The molecule has 2 rings (SSSR count). The van der Waals surface area contributed by atoms with E-state index in [0.717, 1.165) is 0 Å². The van der Waals surface area contributed by atoms with Crippen LogP contribution < -0.4 is 11.5 Å². The number of anilines is 2. The average Bonchev–Trinajstić information content (AvgIpc) is 2.39. The topological polar surface area (TPSA) is 161 Å². The summed E-state index contributed by atoms with van der Waals surface area (Å²) in [7, 11) is -8.24. The predicted octanol–water partition coefficient (Wildman–Crippen LogP) is 1.65. The van der Waals surface area contributed by atoms with Crippen molar-refractivity contribution in [2.24, 2.45) is 0 Å². The first-order valence-electron chi connectivity index (χ1n) is 6.49. The molecule has 10 heteroatoms. The standard InChI is InChI=1S/2C7H9NO3S/c1-5-4-6(8)2-3-7(5)12(9,10)11;1-5-2-3-6(8)4-7(5)12(9,10)11/h2*2-4H,8H2,1H3,(H,9,10,11). The van der Waals surface area contributed by atoms with E-state index >= 15 is 0 Å². The molecule has 2 aromatic rings. The Kier molecular flexibility index (Phi) is 5.95. The van der Waals surface area contributed by atoms with Crippen molar-refractivity contribution >= 4 is 31.6 Å². The molecular formula is C14H18N2O6S2. The van der Waals surface area contributed by atoms with Crippen LogP contribution in [0.1, 0.15) is 11.1 Å². The Labute approximate surface area is 140 Å². The molecule has 0 atom stereocenters. The van der Waals surface area contributed by atoms with Gasteiger partial charge in [-0.25, -0.2) is 0 Å². The molecule has 0 fully saturated rings. The molecule has 0 unspecified atom stereocenters. The fourth-order valence-electron chi connectivity index (χ4n) is 1.86. The highest BCUT2D eigenvalue weighted by atomic mass is 32.2. The van der Waals surface area contributed by atoms with Crippen LogP contribution in [0.2, 0.25) is 0 Å². The molecule has 24 heavy (non-hydrogen) atoms. The van der Waals surface area contributed by atoms with E-state index in [0.29, 0.717) is 22.5 Å². The van der Waals surface area contributed by atoms with Gasteiger partial charge in [-0.05, 0) is 55.3 Å². The summed E-state index contributed by atoms with van der Waals surface area (Å²) < 4.78 is 60.2. The highest BCUT2D eigenvalue weighted by Crippen LogP contribution is 2.18. The zero-order valence-electron chi connectivity index (χ0n) is 13.0. The highest BCUT2D eigenvalue weighted by molar-refractivity contribution is 7.86. The van der Waals surface area contributed by atoms with Crippen LogP contribution >= 0.6 is 0 Å². The van der Waals surface area contributed by atoms with Crippen LogP contribution in [-0.4, -0.2) is 25.9 Å². The molecular weight excluding hydrogens is 356 g/mol. The van der Waals surface area contributed by atoms with Crippen LogP contribution in [0.4, 0.5) is 11.4 Å². The molecule has 0 aliphatic carbocycles.